The number of esters is 3. The number of carboxylic acid groups (broad SMARTS) is 1. The first-order valence-electron chi connectivity index (χ1n) is 6.64. The first-order valence-corrected chi connectivity index (χ1v) is 6.64. The molecule has 0 unspecified atom stereocenters. The van der Waals surface area contributed by atoms with Gasteiger partial charge in [-0.05, 0) is 26.0 Å². The van der Waals surface area contributed by atoms with Crippen molar-refractivity contribution >= 4 is 23.9 Å². The summed E-state index contributed by atoms with van der Waals surface area (Å²) in [7, 11) is 0. The van der Waals surface area contributed by atoms with Crippen molar-refractivity contribution in [2.45, 2.75) is 33.0 Å². The minimum atomic E-state index is -1.36. The van der Waals surface area contributed by atoms with Gasteiger partial charge in [-0.3, -0.25) is 4.79 Å². The number of carboxylic acids is 1. The second-order valence-electron chi connectivity index (χ2n) is 4.55. The molecule has 0 radical (unpaired) electrons. The van der Waals surface area contributed by atoms with Gasteiger partial charge in [-0.1, -0.05) is 12.1 Å². The average molecular weight is 324 g/mol. The summed E-state index contributed by atoms with van der Waals surface area (Å²) in [6.07, 6.45) is -2.69. The number of carbonyl (C=O) groups is 4. The number of carbonyl (C=O) groups excluding carboxylic acids is 3. The third kappa shape index (κ3) is 5.42. The van der Waals surface area contributed by atoms with Gasteiger partial charge in [0, 0.05) is 6.92 Å². The van der Waals surface area contributed by atoms with E-state index in [1.807, 2.05) is 0 Å². The van der Waals surface area contributed by atoms with Crippen molar-refractivity contribution < 1.29 is 38.5 Å². The predicted molar refractivity (Wildman–Crippen MR) is 75.8 cm³/mol. The Hall–Kier alpha value is -2.90. The highest BCUT2D eigenvalue weighted by Crippen LogP contribution is 2.20. The average Bonchev–Trinajstić information content (AvgIpc) is 2.46. The molecular weight excluding hydrogens is 308 g/mol. The second kappa shape index (κ2) is 7.92. The minimum Gasteiger partial charge on any atom is -0.479 e. The normalized spacial score (nSPS) is 12.7. The van der Waals surface area contributed by atoms with Gasteiger partial charge in [0.1, 0.15) is 11.3 Å². The van der Waals surface area contributed by atoms with Crippen LogP contribution in [0, 0.1) is 0 Å². The number of benzene rings is 1. The molecule has 0 bridgehead atoms. The van der Waals surface area contributed by atoms with E-state index in [0.717, 1.165) is 0 Å². The van der Waals surface area contributed by atoms with Crippen molar-refractivity contribution in [2.24, 2.45) is 0 Å². The zero-order valence-electron chi connectivity index (χ0n) is 12.8. The molecule has 1 rings (SSSR count). The Morgan fingerprint density at radius 2 is 1.61 bits per heavy atom. The van der Waals surface area contributed by atoms with Crippen LogP contribution >= 0.6 is 0 Å². The SMILES string of the molecule is CC(=O)Oc1ccccc1C(=O)O[C@@H](C)C(=O)O[C@@H](C)C(=O)O. The van der Waals surface area contributed by atoms with Gasteiger partial charge in [-0.25, -0.2) is 14.4 Å². The van der Waals surface area contributed by atoms with Crippen LogP contribution in [0.5, 0.6) is 5.75 Å². The maximum atomic E-state index is 12.0. The molecule has 0 fully saturated rings. The molecule has 1 aromatic rings. The van der Waals surface area contributed by atoms with Crippen molar-refractivity contribution in [1.82, 2.24) is 0 Å². The Morgan fingerprint density at radius 1 is 1.00 bits per heavy atom. The fraction of sp³-hybridized carbons (Fsp3) is 0.333. The molecule has 124 valence electrons. The molecule has 23 heavy (non-hydrogen) atoms. The van der Waals surface area contributed by atoms with E-state index in [9.17, 15) is 19.2 Å². The van der Waals surface area contributed by atoms with E-state index in [1.54, 1.807) is 6.07 Å². The van der Waals surface area contributed by atoms with Crippen molar-refractivity contribution in [1.29, 1.82) is 0 Å². The van der Waals surface area contributed by atoms with Crippen LogP contribution in [-0.2, 0) is 23.9 Å². The summed E-state index contributed by atoms with van der Waals surface area (Å²) in [5, 5.41) is 8.66. The Morgan fingerprint density at radius 3 is 2.17 bits per heavy atom. The van der Waals surface area contributed by atoms with Crippen LogP contribution in [0.4, 0.5) is 0 Å². The molecule has 0 heterocycles. The van der Waals surface area contributed by atoms with Gasteiger partial charge in [0.2, 0.25) is 0 Å². The first kappa shape index (κ1) is 18.1. The van der Waals surface area contributed by atoms with Crippen LogP contribution in [0.2, 0.25) is 0 Å². The van der Waals surface area contributed by atoms with E-state index in [-0.39, 0.29) is 11.3 Å². The van der Waals surface area contributed by atoms with Gasteiger partial charge in [0.05, 0.1) is 0 Å². The summed E-state index contributed by atoms with van der Waals surface area (Å²) in [5.41, 5.74) is -0.0476. The Balaban J connectivity index is 2.78. The van der Waals surface area contributed by atoms with E-state index in [1.165, 1.54) is 39.0 Å². The molecule has 8 heteroatoms. The molecule has 2 atom stereocenters. The quantitative estimate of drug-likeness (QED) is 0.612. The van der Waals surface area contributed by atoms with Crippen LogP contribution in [0.25, 0.3) is 0 Å². The summed E-state index contributed by atoms with van der Waals surface area (Å²) in [6, 6.07) is 5.84. The smallest absolute Gasteiger partial charge is 0.348 e. The summed E-state index contributed by atoms with van der Waals surface area (Å²) in [5.74, 6) is -3.86. The highest BCUT2D eigenvalue weighted by molar-refractivity contribution is 5.95. The number of ether oxygens (including phenoxy) is 3. The predicted octanol–water partition coefficient (Wildman–Crippen LogP) is 1.17. The largest absolute Gasteiger partial charge is 0.479 e. The first-order chi connectivity index (χ1) is 10.7. The Bertz CT molecular complexity index is 622. The molecule has 0 saturated carbocycles. The lowest BCUT2D eigenvalue weighted by Crippen LogP contribution is -2.32. The molecule has 0 aliphatic carbocycles. The summed E-state index contributed by atoms with van der Waals surface area (Å²) >= 11 is 0. The molecule has 0 amide bonds. The lowest BCUT2D eigenvalue weighted by molar-refractivity contribution is -0.168. The highest BCUT2D eigenvalue weighted by Gasteiger charge is 2.26. The fourth-order valence-corrected chi connectivity index (χ4v) is 1.47. The zero-order chi connectivity index (χ0) is 17.6. The summed E-state index contributed by atoms with van der Waals surface area (Å²) in [4.78, 5) is 45.3. The molecule has 0 aliphatic rings. The number of rotatable bonds is 6. The monoisotopic (exact) mass is 324 g/mol. The summed E-state index contributed by atoms with van der Waals surface area (Å²) < 4.78 is 14.4. The molecule has 0 aliphatic heterocycles. The highest BCUT2D eigenvalue weighted by atomic mass is 16.6. The van der Waals surface area contributed by atoms with E-state index in [2.05, 4.69) is 4.74 Å². The molecule has 8 nitrogen and oxygen atoms in total. The molecule has 0 saturated heterocycles. The molecular formula is C15H16O8. The van der Waals surface area contributed by atoms with Gasteiger partial charge < -0.3 is 19.3 Å². The molecule has 1 N–H and O–H groups in total. The number of hydrogen-bond acceptors (Lipinski definition) is 7. The van der Waals surface area contributed by atoms with Gasteiger partial charge in [0.15, 0.2) is 12.2 Å². The Labute approximate surface area is 131 Å². The van der Waals surface area contributed by atoms with E-state index >= 15 is 0 Å². The topological polar surface area (TPSA) is 116 Å². The number of hydrogen-bond donors (Lipinski definition) is 1. The fourth-order valence-electron chi connectivity index (χ4n) is 1.47. The van der Waals surface area contributed by atoms with Gasteiger partial charge in [-0.15, -0.1) is 0 Å². The van der Waals surface area contributed by atoms with Crippen LogP contribution < -0.4 is 4.74 Å². The van der Waals surface area contributed by atoms with Gasteiger partial charge in [0.25, 0.3) is 0 Å². The Kier molecular flexibility index (Phi) is 6.25. The molecule has 0 aromatic heterocycles. The van der Waals surface area contributed by atoms with Gasteiger partial charge >= 0.3 is 23.9 Å². The van der Waals surface area contributed by atoms with Crippen LogP contribution in [0.15, 0.2) is 24.3 Å². The number of aliphatic carboxylic acids is 1. The van der Waals surface area contributed by atoms with E-state index in [0.29, 0.717) is 0 Å². The minimum absolute atomic E-state index is 0.00975. The summed E-state index contributed by atoms with van der Waals surface area (Å²) in [6.45, 7) is 3.59. The number of para-hydroxylation sites is 1. The van der Waals surface area contributed by atoms with Crippen molar-refractivity contribution in [3.05, 3.63) is 29.8 Å². The van der Waals surface area contributed by atoms with Crippen molar-refractivity contribution in [2.75, 3.05) is 0 Å². The lowest BCUT2D eigenvalue weighted by Gasteiger charge is -2.15. The standard InChI is InChI=1S/C15H16O8/c1-8(13(17)18)21-14(19)9(2)22-15(20)11-6-4-5-7-12(11)23-10(3)16/h4-9H,1-3H3,(H,17,18)/t8-,9-/m0/s1. The maximum Gasteiger partial charge on any atom is 0.348 e. The maximum absolute atomic E-state index is 12.0. The van der Waals surface area contributed by atoms with Crippen LogP contribution in [0.3, 0.4) is 0 Å². The van der Waals surface area contributed by atoms with E-state index in [4.69, 9.17) is 14.6 Å². The third-order valence-corrected chi connectivity index (χ3v) is 2.62. The molecule has 0 spiro atoms. The van der Waals surface area contributed by atoms with Crippen LogP contribution in [-0.4, -0.2) is 41.2 Å². The van der Waals surface area contributed by atoms with Gasteiger partial charge in [-0.2, -0.15) is 0 Å². The zero-order valence-corrected chi connectivity index (χ0v) is 12.8. The third-order valence-electron chi connectivity index (χ3n) is 2.62. The van der Waals surface area contributed by atoms with E-state index < -0.39 is 36.1 Å². The van der Waals surface area contributed by atoms with Crippen molar-refractivity contribution in [3.63, 3.8) is 0 Å². The second-order valence-corrected chi connectivity index (χ2v) is 4.55. The lowest BCUT2D eigenvalue weighted by atomic mass is 10.2. The van der Waals surface area contributed by atoms with Crippen molar-refractivity contribution in [3.8, 4) is 5.75 Å². The molecule has 1 aromatic carbocycles. The van der Waals surface area contributed by atoms with Crippen LogP contribution in [0.1, 0.15) is 31.1 Å².